The van der Waals surface area contributed by atoms with Crippen LogP contribution in [0.25, 0.3) is 0 Å². The van der Waals surface area contributed by atoms with Gasteiger partial charge >= 0.3 is 0 Å². The van der Waals surface area contributed by atoms with Crippen LogP contribution in [-0.2, 0) is 6.42 Å². The van der Waals surface area contributed by atoms with Crippen LogP contribution in [0.3, 0.4) is 0 Å². The molecule has 1 N–H and O–H groups in total. The first-order valence-corrected chi connectivity index (χ1v) is 5.68. The van der Waals surface area contributed by atoms with Crippen LogP contribution in [0.2, 0.25) is 0 Å². The molecule has 0 unspecified atom stereocenters. The molecule has 15 heavy (non-hydrogen) atoms. The zero-order valence-corrected chi connectivity index (χ0v) is 9.20. The molecule has 0 saturated carbocycles. The van der Waals surface area contributed by atoms with Gasteiger partial charge in [0.25, 0.3) is 0 Å². The Morgan fingerprint density at radius 2 is 2.47 bits per heavy atom. The molecule has 0 spiro atoms. The van der Waals surface area contributed by atoms with Crippen LogP contribution in [0.15, 0.2) is 18.5 Å². The van der Waals surface area contributed by atoms with Gasteiger partial charge in [-0.2, -0.15) is 0 Å². The normalized spacial score (nSPS) is 20.5. The fraction of sp³-hybridized carbons (Fsp3) is 0.583. The predicted molar refractivity (Wildman–Crippen MR) is 60.1 cm³/mol. The van der Waals surface area contributed by atoms with Gasteiger partial charge in [-0.1, -0.05) is 6.92 Å². The molecule has 1 atom stereocenters. The third-order valence-electron chi connectivity index (χ3n) is 2.79. The molecule has 1 aliphatic rings. The van der Waals surface area contributed by atoms with Crippen LogP contribution in [0.1, 0.15) is 25.3 Å². The predicted octanol–water partition coefficient (Wildman–Crippen LogP) is 1.77. The van der Waals surface area contributed by atoms with Gasteiger partial charge in [0, 0.05) is 12.2 Å². The van der Waals surface area contributed by atoms with Gasteiger partial charge in [-0.25, -0.2) is 0 Å². The molecule has 1 aliphatic heterocycles. The molecular weight excluding hydrogens is 188 g/mol. The Kier molecular flexibility index (Phi) is 3.56. The first kappa shape index (κ1) is 10.4. The highest BCUT2D eigenvalue weighted by molar-refractivity contribution is 5.23. The van der Waals surface area contributed by atoms with E-state index in [0.717, 1.165) is 25.3 Å². The maximum Gasteiger partial charge on any atom is 0.137 e. The van der Waals surface area contributed by atoms with E-state index < -0.39 is 0 Å². The van der Waals surface area contributed by atoms with Gasteiger partial charge in [0.2, 0.25) is 0 Å². The van der Waals surface area contributed by atoms with Crippen molar-refractivity contribution in [3.8, 4) is 5.75 Å². The van der Waals surface area contributed by atoms with Crippen LogP contribution >= 0.6 is 0 Å². The van der Waals surface area contributed by atoms with Crippen molar-refractivity contribution in [3.05, 3.63) is 24.0 Å². The second-order valence-corrected chi connectivity index (χ2v) is 3.99. The van der Waals surface area contributed by atoms with E-state index in [0.29, 0.717) is 6.04 Å². The molecule has 0 aromatic carbocycles. The molecular formula is C12H18N2O. The first-order chi connectivity index (χ1) is 7.38. The lowest BCUT2D eigenvalue weighted by Crippen LogP contribution is -2.28. The highest BCUT2D eigenvalue weighted by Gasteiger charge is 2.14. The lowest BCUT2D eigenvalue weighted by Gasteiger charge is -2.12. The van der Waals surface area contributed by atoms with Crippen LogP contribution in [0.5, 0.6) is 5.75 Å². The molecule has 82 valence electrons. The van der Waals surface area contributed by atoms with E-state index in [9.17, 15) is 0 Å². The topological polar surface area (TPSA) is 34.1 Å². The van der Waals surface area contributed by atoms with Crippen LogP contribution in [0.4, 0.5) is 0 Å². The van der Waals surface area contributed by atoms with Crippen molar-refractivity contribution >= 4 is 0 Å². The monoisotopic (exact) mass is 206 g/mol. The maximum absolute atomic E-state index is 5.71. The van der Waals surface area contributed by atoms with Crippen molar-refractivity contribution in [1.29, 1.82) is 0 Å². The fourth-order valence-corrected chi connectivity index (χ4v) is 1.83. The number of ether oxygens (including phenoxy) is 1. The van der Waals surface area contributed by atoms with E-state index >= 15 is 0 Å². The molecule has 1 fully saturated rings. The standard InChI is InChI=1S/C12H18N2O/c1-2-10-6-12(8-13-7-10)15-9-11-4-3-5-14-11/h6-8,11,14H,2-5,9H2,1H3/t11-/m0/s1. The zero-order chi connectivity index (χ0) is 10.5. The molecule has 3 heteroatoms. The molecule has 0 bridgehead atoms. The van der Waals surface area contributed by atoms with E-state index in [4.69, 9.17) is 4.74 Å². The maximum atomic E-state index is 5.71. The van der Waals surface area contributed by atoms with Gasteiger partial charge in [-0.15, -0.1) is 0 Å². The number of hydrogen-bond donors (Lipinski definition) is 1. The summed E-state index contributed by atoms with van der Waals surface area (Å²) in [6, 6.07) is 2.59. The summed E-state index contributed by atoms with van der Waals surface area (Å²) in [7, 11) is 0. The summed E-state index contributed by atoms with van der Waals surface area (Å²) in [5.74, 6) is 0.892. The third kappa shape index (κ3) is 2.93. The van der Waals surface area contributed by atoms with Gasteiger partial charge < -0.3 is 10.1 Å². The minimum absolute atomic E-state index is 0.523. The summed E-state index contributed by atoms with van der Waals surface area (Å²) in [5.41, 5.74) is 1.23. The van der Waals surface area contributed by atoms with Crippen molar-refractivity contribution in [2.24, 2.45) is 0 Å². The van der Waals surface area contributed by atoms with E-state index in [1.165, 1.54) is 18.4 Å². The van der Waals surface area contributed by atoms with Gasteiger partial charge in [-0.3, -0.25) is 4.98 Å². The summed E-state index contributed by atoms with van der Waals surface area (Å²) in [4.78, 5) is 4.16. The van der Waals surface area contributed by atoms with E-state index in [-0.39, 0.29) is 0 Å². The number of aryl methyl sites for hydroxylation is 1. The fourth-order valence-electron chi connectivity index (χ4n) is 1.83. The Hall–Kier alpha value is -1.09. The lowest BCUT2D eigenvalue weighted by atomic mass is 10.2. The highest BCUT2D eigenvalue weighted by Crippen LogP contribution is 2.13. The van der Waals surface area contributed by atoms with Crippen LogP contribution in [0, 0.1) is 0 Å². The summed E-state index contributed by atoms with van der Waals surface area (Å²) < 4.78 is 5.71. The first-order valence-electron chi connectivity index (χ1n) is 5.68. The van der Waals surface area contributed by atoms with Gasteiger partial charge in [0.15, 0.2) is 0 Å². The Morgan fingerprint density at radius 1 is 1.53 bits per heavy atom. The molecule has 0 radical (unpaired) electrons. The lowest BCUT2D eigenvalue weighted by molar-refractivity contribution is 0.276. The number of pyridine rings is 1. The second kappa shape index (κ2) is 5.12. The summed E-state index contributed by atoms with van der Waals surface area (Å²) in [5, 5.41) is 3.41. The number of aromatic nitrogens is 1. The Morgan fingerprint density at radius 3 is 3.20 bits per heavy atom. The Labute approximate surface area is 90.9 Å². The van der Waals surface area contributed by atoms with Crippen LogP contribution < -0.4 is 10.1 Å². The molecule has 1 aromatic heterocycles. The van der Waals surface area contributed by atoms with Crippen LogP contribution in [-0.4, -0.2) is 24.2 Å². The average Bonchev–Trinajstić information content (AvgIpc) is 2.79. The largest absolute Gasteiger partial charge is 0.490 e. The minimum atomic E-state index is 0.523. The highest BCUT2D eigenvalue weighted by atomic mass is 16.5. The summed E-state index contributed by atoms with van der Waals surface area (Å²) in [6.45, 7) is 4.01. The van der Waals surface area contributed by atoms with Crippen molar-refractivity contribution in [2.75, 3.05) is 13.2 Å². The van der Waals surface area contributed by atoms with Gasteiger partial charge in [0.1, 0.15) is 12.4 Å². The Bertz CT molecular complexity index is 308. The van der Waals surface area contributed by atoms with Gasteiger partial charge in [-0.05, 0) is 37.4 Å². The SMILES string of the molecule is CCc1cncc(OC[C@@H]2CCCN2)c1. The zero-order valence-electron chi connectivity index (χ0n) is 9.20. The number of nitrogens with zero attached hydrogens (tertiary/aromatic N) is 1. The molecule has 1 saturated heterocycles. The summed E-state index contributed by atoms with van der Waals surface area (Å²) in [6.07, 6.45) is 7.17. The van der Waals surface area contributed by atoms with Crippen molar-refractivity contribution in [1.82, 2.24) is 10.3 Å². The molecule has 1 aromatic rings. The molecule has 3 nitrogen and oxygen atoms in total. The quantitative estimate of drug-likeness (QED) is 0.815. The van der Waals surface area contributed by atoms with Crippen molar-refractivity contribution in [2.45, 2.75) is 32.2 Å². The average molecular weight is 206 g/mol. The molecule has 0 aliphatic carbocycles. The summed E-state index contributed by atoms with van der Waals surface area (Å²) >= 11 is 0. The van der Waals surface area contributed by atoms with E-state index in [1.54, 1.807) is 6.20 Å². The van der Waals surface area contributed by atoms with Crippen molar-refractivity contribution in [3.63, 3.8) is 0 Å². The third-order valence-corrected chi connectivity index (χ3v) is 2.79. The number of rotatable bonds is 4. The van der Waals surface area contributed by atoms with Gasteiger partial charge in [0.05, 0.1) is 6.20 Å². The van der Waals surface area contributed by atoms with E-state index in [1.807, 2.05) is 6.20 Å². The smallest absolute Gasteiger partial charge is 0.137 e. The van der Waals surface area contributed by atoms with Crippen molar-refractivity contribution < 1.29 is 4.74 Å². The Balaban J connectivity index is 1.86. The molecule has 0 amide bonds. The number of nitrogens with one attached hydrogen (secondary N) is 1. The van der Waals surface area contributed by atoms with E-state index in [2.05, 4.69) is 23.3 Å². The second-order valence-electron chi connectivity index (χ2n) is 3.99. The minimum Gasteiger partial charge on any atom is -0.490 e. The molecule has 2 rings (SSSR count). The molecule has 2 heterocycles. The number of hydrogen-bond acceptors (Lipinski definition) is 3.